The summed E-state index contributed by atoms with van der Waals surface area (Å²) in [6, 6.07) is 0. The minimum absolute atomic E-state index is 0.0828. The van der Waals surface area contributed by atoms with Crippen LogP contribution >= 0.6 is 11.8 Å². The highest BCUT2D eigenvalue weighted by molar-refractivity contribution is 8.13. The van der Waals surface area contributed by atoms with E-state index >= 15 is 0 Å². The molecule has 0 atom stereocenters. The summed E-state index contributed by atoms with van der Waals surface area (Å²) in [4.78, 5) is 10.9. The van der Waals surface area contributed by atoms with E-state index in [4.69, 9.17) is 0 Å². The molecule has 0 bridgehead atoms. The number of hydrogen-bond acceptors (Lipinski definition) is 2. The molecule has 0 heterocycles. The average molecular weight is 130 g/mol. The molecule has 0 unspecified atom stereocenters. The average Bonchev–Trinajstić information content (AvgIpc) is 2.47. The van der Waals surface area contributed by atoms with Crippen molar-refractivity contribution in [1.82, 2.24) is 0 Å². The zero-order chi connectivity index (χ0) is 6.20. The van der Waals surface area contributed by atoms with Crippen molar-refractivity contribution in [2.75, 3.05) is 6.26 Å². The smallest absolute Gasteiger partial charge is 0.194 e. The van der Waals surface area contributed by atoms with Gasteiger partial charge in [-0.1, -0.05) is 18.7 Å². The van der Waals surface area contributed by atoms with E-state index in [1.54, 1.807) is 0 Å². The van der Waals surface area contributed by atoms with Crippen LogP contribution in [0, 0.1) is 5.41 Å². The Kier molecular flexibility index (Phi) is 1.35. The van der Waals surface area contributed by atoms with Crippen molar-refractivity contribution in [2.45, 2.75) is 19.8 Å². The molecule has 1 fully saturated rings. The third-order valence-electron chi connectivity index (χ3n) is 1.68. The zero-order valence-electron chi connectivity index (χ0n) is 5.23. The van der Waals surface area contributed by atoms with Crippen molar-refractivity contribution in [1.29, 1.82) is 0 Å². The first kappa shape index (κ1) is 6.14. The van der Waals surface area contributed by atoms with E-state index in [0.717, 1.165) is 12.8 Å². The molecule has 0 N–H and O–H groups in total. The van der Waals surface area contributed by atoms with Crippen molar-refractivity contribution in [3.63, 3.8) is 0 Å². The number of hydrogen-bond donors (Lipinski definition) is 0. The maximum Gasteiger partial charge on any atom is 0.194 e. The predicted molar refractivity (Wildman–Crippen MR) is 35.9 cm³/mol. The lowest BCUT2D eigenvalue weighted by atomic mass is 10.2. The lowest BCUT2D eigenvalue weighted by Gasteiger charge is -2.00. The highest BCUT2D eigenvalue weighted by atomic mass is 32.2. The first-order valence-electron chi connectivity index (χ1n) is 2.77. The second-order valence-corrected chi connectivity index (χ2v) is 3.33. The van der Waals surface area contributed by atoms with Gasteiger partial charge >= 0.3 is 0 Å². The Morgan fingerprint density at radius 3 is 2.25 bits per heavy atom. The van der Waals surface area contributed by atoms with Gasteiger partial charge in [-0.15, -0.1) is 0 Å². The Morgan fingerprint density at radius 2 is 2.12 bits per heavy atom. The van der Waals surface area contributed by atoms with E-state index in [0.29, 0.717) is 5.12 Å². The van der Waals surface area contributed by atoms with Crippen LogP contribution in [0.25, 0.3) is 0 Å². The molecule has 0 aromatic rings. The molecule has 1 aliphatic rings. The molecule has 1 nitrogen and oxygen atoms in total. The number of carbonyl (C=O) groups is 1. The number of thioether (sulfide) groups is 1. The Balaban J connectivity index is 2.46. The molecule has 0 aliphatic heterocycles. The van der Waals surface area contributed by atoms with Crippen LogP contribution in [-0.4, -0.2) is 11.4 Å². The second-order valence-electron chi connectivity index (χ2n) is 2.55. The van der Waals surface area contributed by atoms with E-state index in [-0.39, 0.29) is 5.41 Å². The minimum atomic E-state index is 0.0828. The molecule has 8 heavy (non-hydrogen) atoms. The maximum atomic E-state index is 10.9. The van der Waals surface area contributed by atoms with E-state index in [1.807, 2.05) is 13.2 Å². The molecule has 1 aliphatic carbocycles. The SMILES string of the molecule is CSC(=O)C1(C)CC1. The van der Waals surface area contributed by atoms with Gasteiger partial charge in [-0.3, -0.25) is 4.79 Å². The van der Waals surface area contributed by atoms with Gasteiger partial charge in [-0.05, 0) is 19.1 Å². The van der Waals surface area contributed by atoms with E-state index in [2.05, 4.69) is 0 Å². The summed E-state index contributed by atoms with van der Waals surface area (Å²) in [5.74, 6) is 0. The van der Waals surface area contributed by atoms with Crippen LogP contribution in [0.5, 0.6) is 0 Å². The molecule has 46 valence electrons. The fourth-order valence-electron chi connectivity index (χ4n) is 0.638. The predicted octanol–water partition coefficient (Wildman–Crippen LogP) is 1.68. The maximum absolute atomic E-state index is 10.9. The van der Waals surface area contributed by atoms with Gasteiger partial charge in [0, 0.05) is 5.41 Å². The molecule has 0 radical (unpaired) electrons. The van der Waals surface area contributed by atoms with Crippen LogP contribution in [0.15, 0.2) is 0 Å². The van der Waals surface area contributed by atoms with Crippen molar-refractivity contribution >= 4 is 16.9 Å². The van der Waals surface area contributed by atoms with Gasteiger partial charge in [0.1, 0.15) is 0 Å². The van der Waals surface area contributed by atoms with Crippen LogP contribution in [0.4, 0.5) is 0 Å². The summed E-state index contributed by atoms with van der Waals surface area (Å²) in [6.07, 6.45) is 4.06. The first-order chi connectivity index (χ1) is 3.69. The highest BCUT2D eigenvalue weighted by Gasteiger charge is 2.43. The van der Waals surface area contributed by atoms with Crippen molar-refractivity contribution in [3.8, 4) is 0 Å². The lowest BCUT2D eigenvalue weighted by molar-refractivity contribution is -0.114. The topological polar surface area (TPSA) is 17.1 Å². The summed E-state index contributed by atoms with van der Waals surface area (Å²) in [5.41, 5.74) is 0.0828. The molecule has 0 amide bonds. The zero-order valence-corrected chi connectivity index (χ0v) is 6.05. The van der Waals surface area contributed by atoms with Crippen molar-refractivity contribution in [3.05, 3.63) is 0 Å². The Hall–Kier alpha value is 0.0200. The third-order valence-corrected chi connectivity index (χ3v) is 2.54. The van der Waals surface area contributed by atoms with Gasteiger partial charge in [-0.25, -0.2) is 0 Å². The van der Waals surface area contributed by atoms with Crippen LogP contribution in [0.1, 0.15) is 19.8 Å². The molecule has 1 saturated carbocycles. The minimum Gasteiger partial charge on any atom is -0.287 e. The summed E-state index contributed by atoms with van der Waals surface area (Å²) in [6.45, 7) is 2.03. The fourth-order valence-corrected chi connectivity index (χ4v) is 1.33. The third kappa shape index (κ3) is 0.895. The molecule has 0 aromatic heterocycles. The van der Waals surface area contributed by atoms with Gasteiger partial charge in [-0.2, -0.15) is 0 Å². The van der Waals surface area contributed by atoms with Crippen molar-refractivity contribution in [2.24, 2.45) is 5.41 Å². The van der Waals surface area contributed by atoms with Crippen LogP contribution in [0.2, 0.25) is 0 Å². The van der Waals surface area contributed by atoms with Crippen LogP contribution < -0.4 is 0 Å². The summed E-state index contributed by atoms with van der Waals surface area (Å²) in [7, 11) is 0. The molecule has 1 rings (SSSR count). The summed E-state index contributed by atoms with van der Waals surface area (Å²) < 4.78 is 0. The molecular weight excluding hydrogens is 120 g/mol. The Morgan fingerprint density at radius 1 is 1.62 bits per heavy atom. The van der Waals surface area contributed by atoms with Gasteiger partial charge in [0.25, 0.3) is 0 Å². The quantitative estimate of drug-likeness (QED) is 0.537. The summed E-state index contributed by atoms with van der Waals surface area (Å²) in [5, 5.41) is 0.359. The molecule has 0 spiro atoms. The van der Waals surface area contributed by atoms with Crippen LogP contribution in [0.3, 0.4) is 0 Å². The fraction of sp³-hybridized carbons (Fsp3) is 0.833. The largest absolute Gasteiger partial charge is 0.287 e. The lowest BCUT2D eigenvalue weighted by Crippen LogP contribution is -2.04. The van der Waals surface area contributed by atoms with Gasteiger partial charge in [0.2, 0.25) is 0 Å². The van der Waals surface area contributed by atoms with Crippen LogP contribution in [-0.2, 0) is 4.79 Å². The molecular formula is C6H10OS. The van der Waals surface area contributed by atoms with Gasteiger partial charge in [0.05, 0.1) is 0 Å². The van der Waals surface area contributed by atoms with E-state index in [9.17, 15) is 4.79 Å². The summed E-state index contributed by atoms with van der Waals surface area (Å²) >= 11 is 1.36. The number of carbonyl (C=O) groups excluding carboxylic acids is 1. The monoisotopic (exact) mass is 130 g/mol. The Labute approximate surface area is 53.8 Å². The standard InChI is InChI=1S/C6H10OS/c1-6(3-4-6)5(7)8-2/h3-4H2,1-2H3. The number of rotatable bonds is 1. The van der Waals surface area contributed by atoms with E-state index < -0.39 is 0 Å². The molecule has 0 saturated heterocycles. The highest BCUT2D eigenvalue weighted by Crippen LogP contribution is 2.47. The molecule has 0 aromatic carbocycles. The first-order valence-corrected chi connectivity index (χ1v) is 4.00. The van der Waals surface area contributed by atoms with Crippen molar-refractivity contribution < 1.29 is 4.79 Å². The van der Waals surface area contributed by atoms with Gasteiger partial charge in [0.15, 0.2) is 5.12 Å². The molecule has 2 heteroatoms. The normalized spacial score (nSPS) is 22.8. The van der Waals surface area contributed by atoms with Gasteiger partial charge < -0.3 is 0 Å². The Bertz CT molecular complexity index is 116. The van der Waals surface area contributed by atoms with E-state index in [1.165, 1.54) is 11.8 Å². The second kappa shape index (κ2) is 1.76.